The van der Waals surface area contributed by atoms with Gasteiger partial charge in [0, 0.05) is 6.42 Å². The highest BCUT2D eigenvalue weighted by Crippen LogP contribution is 2.11. The summed E-state index contributed by atoms with van der Waals surface area (Å²) in [5, 5.41) is 3.20. The van der Waals surface area contributed by atoms with Gasteiger partial charge in [-0.3, -0.25) is 0 Å². The largest absolute Gasteiger partial charge is 0.316 e. The number of unbranched alkanes of at least 4 members (excludes halogenated alkanes) is 1. The second-order valence-corrected chi connectivity index (χ2v) is 2.62. The predicted octanol–water partition coefficient (Wildman–Crippen LogP) is 0.575. The van der Waals surface area contributed by atoms with Gasteiger partial charge in [-0.15, -0.1) is 0 Å². The standard InChI is InChI=1S/C7H13NO/c9-4-2-1-3-7-5-8-6-7/h4,7-8H,1-3,5-6H2. The number of nitrogens with one attached hydrogen (secondary N) is 1. The maximum atomic E-state index is 9.88. The quantitative estimate of drug-likeness (QED) is 0.442. The molecule has 1 aliphatic heterocycles. The molecule has 0 aromatic heterocycles. The molecule has 0 radical (unpaired) electrons. The zero-order valence-electron chi connectivity index (χ0n) is 5.60. The van der Waals surface area contributed by atoms with E-state index < -0.39 is 0 Å². The molecule has 0 bridgehead atoms. The summed E-state index contributed by atoms with van der Waals surface area (Å²) in [5.41, 5.74) is 0. The molecule has 1 aliphatic rings. The van der Waals surface area contributed by atoms with Gasteiger partial charge in [-0.2, -0.15) is 0 Å². The van der Waals surface area contributed by atoms with Gasteiger partial charge in [-0.05, 0) is 31.8 Å². The highest BCUT2D eigenvalue weighted by Gasteiger charge is 2.14. The summed E-state index contributed by atoms with van der Waals surface area (Å²) >= 11 is 0. The summed E-state index contributed by atoms with van der Waals surface area (Å²) in [6, 6.07) is 0. The second-order valence-electron chi connectivity index (χ2n) is 2.62. The van der Waals surface area contributed by atoms with Crippen LogP contribution < -0.4 is 5.32 Å². The van der Waals surface area contributed by atoms with E-state index in [0.717, 1.165) is 25.0 Å². The molecule has 52 valence electrons. The minimum absolute atomic E-state index is 0.747. The lowest BCUT2D eigenvalue weighted by Crippen LogP contribution is -2.41. The van der Waals surface area contributed by atoms with Crippen LogP contribution in [0.5, 0.6) is 0 Å². The molecular formula is C7H13NO. The minimum Gasteiger partial charge on any atom is -0.316 e. The molecule has 1 N–H and O–H groups in total. The zero-order valence-corrected chi connectivity index (χ0v) is 5.60. The van der Waals surface area contributed by atoms with Gasteiger partial charge in [0.1, 0.15) is 6.29 Å². The van der Waals surface area contributed by atoms with Crippen LogP contribution >= 0.6 is 0 Å². The average molecular weight is 127 g/mol. The van der Waals surface area contributed by atoms with Crippen LogP contribution in [-0.4, -0.2) is 19.4 Å². The van der Waals surface area contributed by atoms with Crippen LogP contribution in [0.3, 0.4) is 0 Å². The molecule has 0 saturated carbocycles. The molecule has 1 fully saturated rings. The van der Waals surface area contributed by atoms with Crippen LogP contribution in [0, 0.1) is 5.92 Å². The van der Waals surface area contributed by atoms with Crippen molar-refractivity contribution in [2.45, 2.75) is 19.3 Å². The third-order valence-electron chi connectivity index (χ3n) is 1.80. The predicted molar refractivity (Wildman–Crippen MR) is 36.3 cm³/mol. The van der Waals surface area contributed by atoms with E-state index in [1.165, 1.54) is 19.5 Å². The van der Waals surface area contributed by atoms with Gasteiger partial charge in [-0.25, -0.2) is 0 Å². The lowest BCUT2D eigenvalue weighted by Gasteiger charge is -2.26. The van der Waals surface area contributed by atoms with Crippen LogP contribution in [0.25, 0.3) is 0 Å². The number of hydrogen-bond acceptors (Lipinski definition) is 2. The lowest BCUT2D eigenvalue weighted by molar-refractivity contribution is -0.108. The first-order chi connectivity index (χ1) is 4.43. The van der Waals surface area contributed by atoms with Crippen LogP contribution in [0.4, 0.5) is 0 Å². The van der Waals surface area contributed by atoms with Crippen molar-refractivity contribution in [2.75, 3.05) is 13.1 Å². The molecule has 0 spiro atoms. The summed E-state index contributed by atoms with van der Waals surface area (Å²) in [6.45, 7) is 2.33. The van der Waals surface area contributed by atoms with Gasteiger partial charge in [0.05, 0.1) is 0 Å². The van der Waals surface area contributed by atoms with Crippen molar-refractivity contribution in [2.24, 2.45) is 5.92 Å². The first-order valence-corrected chi connectivity index (χ1v) is 3.58. The molecule has 1 saturated heterocycles. The molecule has 0 atom stereocenters. The number of hydrogen-bond donors (Lipinski definition) is 1. The highest BCUT2D eigenvalue weighted by atomic mass is 16.1. The number of aldehydes is 1. The third kappa shape index (κ3) is 2.14. The maximum Gasteiger partial charge on any atom is 0.119 e. The average Bonchev–Trinajstić information content (AvgIpc) is 1.76. The molecular weight excluding hydrogens is 114 g/mol. The minimum atomic E-state index is 0.747. The fourth-order valence-corrected chi connectivity index (χ4v) is 1.04. The fourth-order valence-electron chi connectivity index (χ4n) is 1.04. The van der Waals surface area contributed by atoms with Crippen molar-refractivity contribution >= 4 is 6.29 Å². The van der Waals surface area contributed by atoms with Crippen molar-refractivity contribution in [3.63, 3.8) is 0 Å². The Morgan fingerprint density at radius 2 is 2.33 bits per heavy atom. The molecule has 2 nitrogen and oxygen atoms in total. The van der Waals surface area contributed by atoms with Crippen molar-refractivity contribution in [3.8, 4) is 0 Å². The molecule has 0 amide bonds. The van der Waals surface area contributed by atoms with E-state index in [1.807, 2.05) is 0 Å². The van der Waals surface area contributed by atoms with Gasteiger partial charge >= 0.3 is 0 Å². The van der Waals surface area contributed by atoms with Crippen LogP contribution in [0.15, 0.2) is 0 Å². The first kappa shape index (κ1) is 6.75. The van der Waals surface area contributed by atoms with Crippen LogP contribution in [0.2, 0.25) is 0 Å². The van der Waals surface area contributed by atoms with Gasteiger partial charge in [0.15, 0.2) is 0 Å². The second kappa shape index (κ2) is 3.62. The third-order valence-corrected chi connectivity index (χ3v) is 1.80. The Hall–Kier alpha value is -0.370. The Morgan fingerprint density at radius 3 is 2.78 bits per heavy atom. The number of rotatable bonds is 4. The highest BCUT2D eigenvalue weighted by molar-refractivity contribution is 5.48. The van der Waals surface area contributed by atoms with Crippen LogP contribution in [-0.2, 0) is 4.79 Å². The van der Waals surface area contributed by atoms with E-state index in [2.05, 4.69) is 5.32 Å². The van der Waals surface area contributed by atoms with E-state index in [-0.39, 0.29) is 0 Å². The molecule has 0 aromatic rings. The summed E-state index contributed by atoms with van der Waals surface area (Å²) in [4.78, 5) is 9.88. The summed E-state index contributed by atoms with van der Waals surface area (Å²) in [7, 11) is 0. The van der Waals surface area contributed by atoms with Gasteiger partial charge in [0.25, 0.3) is 0 Å². The maximum absolute atomic E-state index is 9.88. The van der Waals surface area contributed by atoms with Crippen molar-refractivity contribution in [3.05, 3.63) is 0 Å². The Labute approximate surface area is 55.6 Å². The molecule has 2 heteroatoms. The monoisotopic (exact) mass is 127 g/mol. The van der Waals surface area contributed by atoms with Crippen molar-refractivity contribution < 1.29 is 4.79 Å². The van der Waals surface area contributed by atoms with Gasteiger partial charge in [0.2, 0.25) is 0 Å². The van der Waals surface area contributed by atoms with Gasteiger partial charge in [-0.1, -0.05) is 0 Å². The van der Waals surface area contributed by atoms with E-state index in [0.29, 0.717) is 0 Å². The Kier molecular flexibility index (Phi) is 2.71. The number of carbonyl (C=O) groups excluding carboxylic acids is 1. The van der Waals surface area contributed by atoms with Crippen LogP contribution in [0.1, 0.15) is 19.3 Å². The van der Waals surface area contributed by atoms with Crippen molar-refractivity contribution in [1.29, 1.82) is 0 Å². The van der Waals surface area contributed by atoms with Crippen molar-refractivity contribution in [1.82, 2.24) is 5.32 Å². The first-order valence-electron chi connectivity index (χ1n) is 3.58. The fraction of sp³-hybridized carbons (Fsp3) is 0.857. The Morgan fingerprint density at radius 1 is 1.56 bits per heavy atom. The topological polar surface area (TPSA) is 29.1 Å². The molecule has 9 heavy (non-hydrogen) atoms. The molecule has 1 rings (SSSR count). The summed E-state index contributed by atoms with van der Waals surface area (Å²) < 4.78 is 0. The van der Waals surface area contributed by atoms with E-state index in [4.69, 9.17) is 0 Å². The summed E-state index contributed by atoms with van der Waals surface area (Å²) in [6.07, 6.45) is 4.06. The van der Waals surface area contributed by atoms with E-state index >= 15 is 0 Å². The summed E-state index contributed by atoms with van der Waals surface area (Å²) in [5.74, 6) is 0.866. The normalized spacial score (nSPS) is 19.1. The molecule has 0 aliphatic carbocycles. The number of carbonyl (C=O) groups is 1. The molecule has 0 aromatic carbocycles. The van der Waals surface area contributed by atoms with E-state index in [1.54, 1.807) is 0 Å². The SMILES string of the molecule is O=CCCCC1CNC1. The zero-order chi connectivity index (χ0) is 6.53. The Balaban J connectivity index is 1.85. The van der Waals surface area contributed by atoms with E-state index in [9.17, 15) is 4.79 Å². The lowest BCUT2D eigenvalue weighted by atomic mass is 9.97. The molecule has 1 heterocycles. The molecule has 0 unspecified atom stereocenters. The smallest absolute Gasteiger partial charge is 0.119 e. The Bertz CT molecular complexity index is 88.9. The van der Waals surface area contributed by atoms with Gasteiger partial charge < -0.3 is 10.1 Å².